The van der Waals surface area contributed by atoms with Crippen molar-refractivity contribution >= 4 is 17.5 Å². The highest BCUT2D eigenvalue weighted by Crippen LogP contribution is 2.38. The van der Waals surface area contributed by atoms with Crippen LogP contribution in [0.3, 0.4) is 0 Å². The van der Waals surface area contributed by atoms with Crippen molar-refractivity contribution in [1.82, 2.24) is 19.7 Å². The standard InChI is InChI=1S/C32H28N6O3/c1-21-28(31(39)35-26-13-6-7-14-27(26)40-2)29(38-32(34-21)36-30(37-38)23-15-17-33-18-16-23)24-11-8-12-25(19-24)41-20-22-9-4-3-5-10-22/h3-19,29H,20H2,1-2H3,(H,35,39)(H,34,36,37). The van der Waals surface area contributed by atoms with Gasteiger partial charge in [-0.25, -0.2) is 4.68 Å². The fourth-order valence-electron chi connectivity index (χ4n) is 4.83. The smallest absolute Gasteiger partial charge is 0.255 e. The lowest BCUT2D eigenvalue weighted by molar-refractivity contribution is -0.113. The third-order valence-corrected chi connectivity index (χ3v) is 6.81. The molecule has 1 unspecified atom stereocenters. The number of methoxy groups -OCH3 is 1. The number of carbonyl (C=O) groups excluding carboxylic acids is 1. The van der Waals surface area contributed by atoms with E-state index in [0.717, 1.165) is 16.7 Å². The Kier molecular flexibility index (Phi) is 7.15. The highest BCUT2D eigenvalue weighted by Gasteiger charge is 2.35. The van der Waals surface area contributed by atoms with Crippen molar-refractivity contribution in [2.75, 3.05) is 17.7 Å². The van der Waals surface area contributed by atoms with Crippen LogP contribution in [0.5, 0.6) is 11.5 Å². The number of anilines is 2. The molecule has 204 valence electrons. The van der Waals surface area contributed by atoms with Gasteiger partial charge < -0.3 is 20.1 Å². The number of hydrogen-bond acceptors (Lipinski definition) is 7. The fourth-order valence-corrected chi connectivity index (χ4v) is 4.83. The van der Waals surface area contributed by atoms with Crippen molar-refractivity contribution < 1.29 is 14.3 Å². The lowest BCUT2D eigenvalue weighted by Crippen LogP contribution is -2.31. The fraction of sp³-hybridized carbons (Fsp3) is 0.125. The van der Waals surface area contributed by atoms with Gasteiger partial charge in [0.2, 0.25) is 5.95 Å². The van der Waals surface area contributed by atoms with Crippen LogP contribution in [0, 0.1) is 0 Å². The molecule has 1 aliphatic heterocycles. The van der Waals surface area contributed by atoms with E-state index in [1.165, 1.54) is 0 Å². The molecule has 6 rings (SSSR count). The first-order chi connectivity index (χ1) is 20.1. The van der Waals surface area contributed by atoms with Gasteiger partial charge in [0.05, 0.1) is 18.4 Å². The molecule has 9 nitrogen and oxygen atoms in total. The number of para-hydroxylation sites is 2. The van der Waals surface area contributed by atoms with Gasteiger partial charge in [0.15, 0.2) is 5.82 Å². The Morgan fingerprint density at radius 3 is 2.56 bits per heavy atom. The van der Waals surface area contributed by atoms with Gasteiger partial charge >= 0.3 is 0 Å². The van der Waals surface area contributed by atoms with Crippen molar-refractivity contribution in [3.05, 3.63) is 126 Å². The largest absolute Gasteiger partial charge is 0.495 e. The zero-order valence-corrected chi connectivity index (χ0v) is 22.6. The van der Waals surface area contributed by atoms with Crippen LogP contribution < -0.4 is 20.1 Å². The first-order valence-corrected chi connectivity index (χ1v) is 13.2. The molecule has 0 saturated heterocycles. The number of benzene rings is 3. The van der Waals surface area contributed by atoms with Gasteiger partial charge in [0, 0.05) is 23.7 Å². The normalized spacial score (nSPS) is 14.1. The molecule has 1 aliphatic rings. The summed E-state index contributed by atoms with van der Waals surface area (Å²) < 4.78 is 13.3. The van der Waals surface area contributed by atoms with E-state index in [0.29, 0.717) is 46.8 Å². The molecule has 2 aromatic heterocycles. The van der Waals surface area contributed by atoms with Gasteiger partial charge in [-0.15, -0.1) is 5.10 Å². The van der Waals surface area contributed by atoms with E-state index in [1.807, 2.05) is 85.8 Å². The lowest BCUT2D eigenvalue weighted by Gasteiger charge is -2.29. The van der Waals surface area contributed by atoms with Gasteiger partial charge in [0.1, 0.15) is 24.1 Å². The van der Waals surface area contributed by atoms with E-state index in [9.17, 15) is 4.79 Å². The van der Waals surface area contributed by atoms with Gasteiger partial charge in [-0.05, 0) is 54.4 Å². The van der Waals surface area contributed by atoms with Crippen molar-refractivity contribution in [2.45, 2.75) is 19.6 Å². The molecule has 9 heteroatoms. The van der Waals surface area contributed by atoms with Gasteiger partial charge in [-0.2, -0.15) is 4.98 Å². The van der Waals surface area contributed by atoms with Crippen molar-refractivity contribution in [1.29, 1.82) is 0 Å². The molecule has 0 spiro atoms. The molecule has 1 atom stereocenters. The number of nitrogens with one attached hydrogen (secondary N) is 2. The zero-order chi connectivity index (χ0) is 28.2. The Labute approximate surface area is 237 Å². The number of ether oxygens (including phenoxy) is 2. The zero-order valence-electron chi connectivity index (χ0n) is 22.6. The summed E-state index contributed by atoms with van der Waals surface area (Å²) in [5.74, 6) is 2.02. The van der Waals surface area contributed by atoms with Gasteiger partial charge in [-0.3, -0.25) is 9.78 Å². The highest BCUT2D eigenvalue weighted by atomic mass is 16.5. The Morgan fingerprint density at radius 2 is 1.76 bits per heavy atom. The Morgan fingerprint density at radius 1 is 0.976 bits per heavy atom. The van der Waals surface area contributed by atoms with Crippen molar-refractivity contribution in [3.63, 3.8) is 0 Å². The van der Waals surface area contributed by atoms with Crippen LogP contribution in [-0.4, -0.2) is 32.8 Å². The maximum absolute atomic E-state index is 13.9. The molecule has 0 radical (unpaired) electrons. The molecule has 1 amide bonds. The molecule has 0 fully saturated rings. The predicted octanol–water partition coefficient (Wildman–Crippen LogP) is 5.86. The third kappa shape index (κ3) is 5.38. The topological polar surface area (TPSA) is 103 Å². The molecule has 2 N–H and O–H groups in total. The van der Waals surface area contributed by atoms with E-state index in [1.54, 1.807) is 36.3 Å². The number of fused-ring (bicyclic) bond motifs is 1. The number of allylic oxidation sites excluding steroid dienone is 1. The van der Waals surface area contributed by atoms with E-state index >= 15 is 0 Å². The molecule has 0 saturated carbocycles. The highest BCUT2D eigenvalue weighted by molar-refractivity contribution is 6.06. The number of aromatic nitrogens is 4. The van der Waals surface area contributed by atoms with E-state index in [4.69, 9.17) is 19.6 Å². The minimum Gasteiger partial charge on any atom is -0.495 e. The Balaban J connectivity index is 1.40. The van der Waals surface area contributed by atoms with Crippen LogP contribution in [0.4, 0.5) is 11.6 Å². The predicted molar refractivity (Wildman–Crippen MR) is 157 cm³/mol. The monoisotopic (exact) mass is 544 g/mol. The molecule has 3 aromatic carbocycles. The summed E-state index contributed by atoms with van der Waals surface area (Å²) in [4.78, 5) is 22.8. The molecule has 0 bridgehead atoms. The molecule has 3 heterocycles. The minimum atomic E-state index is -0.579. The second-order valence-corrected chi connectivity index (χ2v) is 9.51. The Hall–Kier alpha value is -5.44. The molecular formula is C32H28N6O3. The van der Waals surface area contributed by atoms with Crippen LogP contribution in [0.15, 0.2) is 115 Å². The average molecular weight is 545 g/mol. The average Bonchev–Trinajstić information content (AvgIpc) is 3.44. The van der Waals surface area contributed by atoms with E-state index in [-0.39, 0.29) is 5.91 Å². The third-order valence-electron chi connectivity index (χ3n) is 6.81. The van der Waals surface area contributed by atoms with E-state index < -0.39 is 6.04 Å². The number of amides is 1. The minimum absolute atomic E-state index is 0.285. The number of pyridine rings is 1. The summed E-state index contributed by atoms with van der Waals surface area (Å²) in [6.45, 7) is 2.29. The summed E-state index contributed by atoms with van der Waals surface area (Å²) >= 11 is 0. The summed E-state index contributed by atoms with van der Waals surface area (Å²) in [6, 6.07) is 28.1. The number of rotatable bonds is 8. The molecule has 0 aliphatic carbocycles. The van der Waals surface area contributed by atoms with Crippen LogP contribution in [-0.2, 0) is 11.4 Å². The lowest BCUT2D eigenvalue weighted by atomic mass is 9.94. The number of nitrogens with zero attached hydrogens (tertiary/aromatic N) is 4. The Bertz CT molecular complexity index is 1720. The summed E-state index contributed by atoms with van der Waals surface area (Å²) in [7, 11) is 1.57. The van der Waals surface area contributed by atoms with Crippen molar-refractivity contribution in [2.24, 2.45) is 0 Å². The van der Waals surface area contributed by atoms with Crippen LogP contribution in [0.1, 0.15) is 24.1 Å². The molecule has 5 aromatic rings. The van der Waals surface area contributed by atoms with Crippen molar-refractivity contribution in [3.8, 4) is 22.9 Å². The summed E-state index contributed by atoms with van der Waals surface area (Å²) in [5.41, 5.74) is 4.44. The van der Waals surface area contributed by atoms with Crippen LogP contribution in [0.25, 0.3) is 11.4 Å². The number of carbonyl (C=O) groups is 1. The maximum atomic E-state index is 13.9. The summed E-state index contributed by atoms with van der Waals surface area (Å²) in [6.07, 6.45) is 3.40. The van der Waals surface area contributed by atoms with Gasteiger partial charge in [-0.1, -0.05) is 54.6 Å². The quantitative estimate of drug-likeness (QED) is 0.252. The first-order valence-electron chi connectivity index (χ1n) is 13.2. The molecule has 41 heavy (non-hydrogen) atoms. The molecular weight excluding hydrogens is 516 g/mol. The summed E-state index contributed by atoms with van der Waals surface area (Å²) in [5, 5.41) is 11.2. The second-order valence-electron chi connectivity index (χ2n) is 9.51. The maximum Gasteiger partial charge on any atom is 0.255 e. The van der Waals surface area contributed by atoms with Crippen LogP contribution in [0.2, 0.25) is 0 Å². The number of hydrogen-bond donors (Lipinski definition) is 2. The second kappa shape index (κ2) is 11.4. The van der Waals surface area contributed by atoms with E-state index in [2.05, 4.69) is 15.6 Å². The SMILES string of the molecule is COc1ccccc1NC(=O)C1=C(C)Nc2nc(-c3ccncc3)nn2C1c1cccc(OCc2ccccc2)c1. The van der Waals surface area contributed by atoms with Gasteiger partial charge in [0.25, 0.3) is 5.91 Å². The van der Waals surface area contributed by atoms with Crippen LogP contribution >= 0.6 is 0 Å². The first kappa shape index (κ1) is 25.8.